The van der Waals surface area contributed by atoms with Gasteiger partial charge in [-0.3, -0.25) is 0 Å². The molecule has 2 nitrogen and oxygen atoms in total. The van der Waals surface area contributed by atoms with E-state index in [1.807, 2.05) is 11.3 Å². The largest absolute Gasteiger partial charge is 0.330 e. The van der Waals surface area contributed by atoms with Gasteiger partial charge >= 0.3 is 0 Å². The number of nitrogens with two attached hydrogens (primary N) is 1. The van der Waals surface area contributed by atoms with Gasteiger partial charge in [0.1, 0.15) is 0 Å². The molecule has 0 amide bonds. The molecule has 1 rings (SSSR count). The van der Waals surface area contributed by atoms with Gasteiger partial charge in [-0.1, -0.05) is 6.92 Å². The van der Waals surface area contributed by atoms with Crippen LogP contribution in [0.2, 0.25) is 0 Å². The zero-order chi connectivity index (χ0) is 12.7. The van der Waals surface area contributed by atoms with Gasteiger partial charge in [-0.2, -0.15) is 0 Å². The second-order valence-corrected chi connectivity index (χ2v) is 6.29. The van der Waals surface area contributed by atoms with E-state index in [-0.39, 0.29) is 0 Å². The third kappa shape index (κ3) is 5.66. The molecule has 0 bridgehead atoms. The molecular weight excluding hydrogens is 228 g/mol. The normalized spacial score (nSPS) is 12.9. The standard InChI is InChI=1S/C14H26N2S/c1-11(6-7-15)5-4-8-16-10-14-9-12(2)13(3)17-14/h9,11,16H,4-8,10,15H2,1-3H3. The fourth-order valence-corrected chi connectivity index (χ4v) is 2.98. The topological polar surface area (TPSA) is 38.0 Å². The minimum atomic E-state index is 0.771. The van der Waals surface area contributed by atoms with Crippen LogP contribution in [0.15, 0.2) is 6.07 Å². The summed E-state index contributed by atoms with van der Waals surface area (Å²) in [7, 11) is 0. The smallest absolute Gasteiger partial charge is 0.0299 e. The van der Waals surface area contributed by atoms with Gasteiger partial charge in [0.15, 0.2) is 0 Å². The van der Waals surface area contributed by atoms with Crippen molar-refractivity contribution in [1.82, 2.24) is 5.32 Å². The van der Waals surface area contributed by atoms with E-state index in [2.05, 4.69) is 32.2 Å². The lowest BCUT2D eigenvalue weighted by Crippen LogP contribution is -2.15. The molecule has 1 aromatic rings. The molecule has 1 aromatic heterocycles. The number of rotatable bonds is 8. The van der Waals surface area contributed by atoms with Crippen LogP contribution in [0.5, 0.6) is 0 Å². The summed E-state index contributed by atoms with van der Waals surface area (Å²) >= 11 is 1.91. The van der Waals surface area contributed by atoms with Crippen molar-refractivity contribution >= 4 is 11.3 Å². The summed E-state index contributed by atoms with van der Waals surface area (Å²) in [4.78, 5) is 2.90. The molecule has 0 aliphatic carbocycles. The van der Waals surface area contributed by atoms with Crippen LogP contribution in [0.4, 0.5) is 0 Å². The number of nitrogens with one attached hydrogen (secondary N) is 1. The number of aryl methyl sites for hydroxylation is 2. The van der Waals surface area contributed by atoms with Gasteiger partial charge in [0.2, 0.25) is 0 Å². The van der Waals surface area contributed by atoms with Crippen LogP contribution in [-0.2, 0) is 6.54 Å². The van der Waals surface area contributed by atoms with Gasteiger partial charge in [-0.05, 0) is 63.7 Å². The van der Waals surface area contributed by atoms with Crippen molar-refractivity contribution in [2.45, 2.75) is 46.6 Å². The van der Waals surface area contributed by atoms with Gasteiger partial charge < -0.3 is 11.1 Å². The molecule has 1 heterocycles. The Hall–Kier alpha value is -0.380. The second kappa shape index (κ2) is 7.85. The molecule has 0 aromatic carbocycles. The van der Waals surface area contributed by atoms with Gasteiger partial charge in [0.25, 0.3) is 0 Å². The predicted octanol–water partition coefficient (Wildman–Crippen LogP) is 3.22. The van der Waals surface area contributed by atoms with Gasteiger partial charge in [0, 0.05) is 16.3 Å². The molecule has 0 saturated heterocycles. The maximum Gasteiger partial charge on any atom is 0.0299 e. The van der Waals surface area contributed by atoms with E-state index in [4.69, 9.17) is 5.73 Å². The Morgan fingerprint density at radius 3 is 2.71 bits per heavy atom. The Morgan fingerprint density at radius 1 is 1.35 bits per heavy atom. The van der Waals surface area contributed by atoms with Gasteiger partial charge in [-0.15, -0.1) is 11.3 Å². The second-order valence-electron chi connectivity index (χ2n) is 4.95. The van der Waals surface area contributed by atoms with Crippen molar-refractivity contribution < 1.29 is 0 Å². The van der Waals surface area contributed by atoms with Crippen LogP contribution in [0.1, 0.15) is 41.5 Å². The van der Waals surface area contributed by atoms with Crippen molar-refractivity contribution in [1.29, 1.82) is 0 Å². The molecule has 0 fully saturated rings. The van der Waals surface area contributed by atoms with Crippen molar-refractivity contribution in [2.24, 2.45) is 11.7 Å². The highest BCUT2D eigenvalue weighted by Gasteiger charge is 2.02. The zero-order valence-corrected chi connectivity index (χ0v) is 12.2. The molecule has 0 saturated carbocycles. The Balaban J connectivity index is 2.08. The van der Waals surface area contributed by atoms with Crippen LogP contribution < -0.4 is 11.1 Å². The maximum atomic E-state index is 5.54. The van der Waals surface area contributed by atoms with Crippen LogP contribution in [-0.4, -0.2) is 13.1 Å². The Labute approximate surface area is 110 Å². The van der Waals surface area contributed by atoms with E-state index in [1.165, 1.54) is 28.2 Å². The van der Waals surface area contributed by atoms with E-state index >= 15 is 0 Å². The fourth-order valence-electron chi connectivity index (χ4n) is 1.95. The summed E-state index contributed by atoms with van der Waals surface area (Å²) in [5.74, 6) is 0.771. The molecular formula is C14H26N2S. The summed E-state index contributed by atoms with van der Waals surface area (Å²) in [5.41, 5.74) is 6.96. The SMILES string of the molecule is Cc1cc(CNCCCC(C)CCN)sc1C. The summed E-state index contributed by atoms with van der Waals surface area (Å²) in [6, 6.07) is 2.30. The van der Waals surface area contributed by atoms with Crippen LogP contribution >= 0.6 is 11.3 Å². The van der Waals surface area contributed by atoms with Crippen molar-refractivity contribution in [3.8, 4) is 0 Å². The van der Waals surface area contributed by atoms with Crippen LogP contribution in [0.3, 0.4) is 0 Å². The van der Waals surface area contributed by atoms with Gasteiger partial charge in [-0.25, -0.2) is 0 Å². The number of hydrogen-bond acceptors (Lipinski definition) is 3. The van der Waals surface area contributed by atoms with E-state index in [0.29, 0.717) is 0 Å². The molecule has 0 aliphatic rings. The highest BCUT2D eigenvalue weighted by molar-refractivity contribution is 7.12. The first kappa shape index (κ1) is 14.7. The van der Waals surface area contributed by atoms with Crippen LogP contribution in [0.25, 0.3) is 0 Å². The first-order valence-electron chi connectivity index (χ1n) is 6.60. The van der Waals surface area contributed by atoms with E-state index < -0.39 is 0 Å². The Morgan fingerprint density at radius 2 is 2.12 bits per heavy atom. The minimum Gasteiger partial charge on any atom is -0.330 e. The molecule has 17 heavy (non-hydrogen) atoms. The molecule has 0 radical (unpaired) electrons. The molecule has 1 unspecified atom stereocenters. The summed E-state index contributed by atoms with van der Waals surface area (Å²) in [5, 5.41) is 3.52. The van der Waals surface area contributed by atoms with E-state index in [1.54, 1.807) is 0 Å². The Bertz CT molecular complexity index is 301. The lowest BCUT2D eigenvalue weighted by Gasteiger charge is -2.09. The van der Waals surface area contributed by atoms with Crippen molar-refractivity contribution in [3.05, 3.63) is 21.4 Å². The first-order valence-corrected chi connectivity index (χ1v) is 7.41. The molecule has 0 aliphatic heterocycles. The van der Waals surface area contributed by atoms with Crippen LogP contribution in [0, 0.1) is 19.8 Å². The Kier molecular flexibility index (Phi) is 6.78. The highest BCUT2D eigenvalue weighted by Crippen LogP contribution is 2.20. The minimum absolute atomic E-state index is 0.771. The number of hydrogen-bond donors (Lipinski definition) is 2. The molecule has 3 heteroatoms. The molecule has 3 N–H and O–H groups in total. The average molecular weight is 254 g/mol. The molecule has 0 spiro atoms. The monoisotopic (exact) mass is 254 g/mol. The quantitative estimate of drug-likeness (QED) is 0.699. The number of thiophene rings is 1. The predicted molar refractivity (Wildman–Crippen MR) is 77.6 cm³/mol. The summed E-state index contributed by atoms with van der Waals surface area (Å²) in [6.45, 7) is 9.62. The lowest BCUT2D eigenvalue weighted by molar-refractivity contribution is 0.469. The third-order valence-electron chi connectivity index (χ3n) is 3.23. The fraction of sp³-hybridized carbons (Fsp3) is 0.714. The lowest BCUT2D eigenvalue weighted by atomic mass is 10.0. The third-order valence-corrected chi connectivity index (χ3v) is 4.38. The zero-order valence-electron chi connectivity index (χ0n) is 11.4. The molecule has 1 atom stereocenters. The van der Waals surface area contributed by atoms with Gasteiger partial charge in [0.05, 0.1) is 0 Å². The van der Waals surface area contributed by atoms with Crippen molar-refractivity contribution in [3.63, 3.8) is 0 Å². The summed E-state index contributed by atoms with van der Waals surface area (Å²) < 4.78 is 0. The molecule has 98 valence electrons. The van der Waals surface area contributed by atoms with Crippen molar-refractivity contribution in [2.75, 3.05) is 13.1 Å². The average Bonchev–Trinajstić information content (AvgIpc) is 2.58. The summed E-state index contributed by atoms with van der Waals surface area (Å²) in [6.07, 6.45) is 3.69. The maximum absolute atomic E-state index is 5.54. The van der Waals surface area contributed by atoms with E-state index in [9.17, 15) is 0 Å². The highest BCUT2D eigenvalue weighted by atomic mass is 32.1. The first-order chi connectivity index (χ1) is 8.13. The van der Waals surface area contributed by atoms with E-state index in [0.717, 1.165) is 32.0 Å².